The van der Waals surface area contributed by atoms with Gasteiger partial charge in [0, 0.05) is 16.9 Å². The molecule has 1 unspecified atom stereocenters. The van der Waals surface area contributed by atoms with E-state index in [9.17, 15) is 9.59 Å². The number of carbonyl (C=O) groups excluding carboxylic acids is 2. The molecule has 0 N–H and O–H groups in total. The Morgan fingerprint density at radius 1 is 1.37 bits per heavy atom. The molecular weight excluding hydrogens is 264 g/mol. The fraction of sp³-hybridized carbons (Fsp3) is 0.286. The number of carbonyl (C=O) groups is 2. The number of cyclic esters (lactones) is 1. The van der Waals surface area contributed by atoms with Gasteiger partial charge in [-0.15, -0.1) is 0 Å². The number of methoxy groups -OCH3 is 1. The Hall–Kier alpha value is -1.75. The number of esters is 2. The highest BCUT2D eigenvalue weighted by atomic mass is 32.2. The van der Waals surface area contributed by atoms with Crippen LogP contribution in [0.2, 0.25) is 0 Å². The fourth-order valence-corrected chi connectivity index (χ4v) is 2.61. The summed E-state index contributed by atoms with van der Waals surface area (Å²) in [6, 6.07) is 9.71. The van der Waals surface area contributed by atoms with Crippen LogP contribution in [0.1, 0.15) is 12.8 Å². The van der Waals surface area contributed by atoms with Gasteiger partial charge in [-0.1, -0.05) is 30.0 Å². The maximum absolute atomic E-state index is 11.6. The van der Waals surface area contributed by atoms with E-state index >= 15 is 0 Å². The molecule has 1 aliphatic heterocycles. The average Bonchev–Trinajstić information content (AvgIpc) is 2.77. The first kappa shape index (κ1) is 13.7. The van der Waals surface area contributed by atoms with Gasteiger partial charge in [0.2, 0.25) is 0 Å². The Morgan fingerprint density at radius 3 is 2.79 bits per heavy atom. The molecule has 0 saturated heterocycles. The van der Waals surface area contributed by atoms with E-state index in [1.807, 2.05) is 30.3 Å². The van der Waals surface area contributed by atoms with Crippen LogP contribution >= 0.6 is 11.8 Å². The van der Waals surface area contributed by atoms with Gasteiger partial charge in [0.05, 0.1) is 7.11 Å². The van der Waals surface area contributed by atoms with Crippen LogP contribution in [-0.4, -0.2) is 24.5 Å². The highest BCUT2D eigenvalue weighted by Crippen LogP contribution is 2.31. The van der Waals surface area contributed by atoms with Gasteiger partial charge >= 0.3 is 11.9 Å². The molecule has 100 valence electrons. The maximum Gasteiger partial charge on any atom is 0.335 e. The zero-order valence-corrected chi connectivity index (χ0v) is 11.3. The monoisotopic (exact) mass is 278 g/mol. The van der Waals surface area contributed by atoms with Crippen LogP contribution in [0.4, 0.5) is 0 Å². The quantitative estimate of drug-likeness (QED) is 0.775. The van der Waals surface area contributed by atoms with Crippen molar-refractivity contribution in [2.75, 3.05) is 7.11 Å². The van der Waals surface area contributed by atoms with E-state index in [2.05, 4.69) is 4.74 Å². The van der Waals surface area contributed by atoms with Gasteiger partial charge < -0.3 is 9.47 Å². The number of thioether (sulfide) groups is 1. The summed E-state index contributed by atoms with van der Waals surface area (Å²) in [5, 5.41) is 0. The normalized spacial score (nSPS) is 17.8. The highest BCUT2D eigenvalue weighted by Gasteiger charge is 2.26. The summed E-state index contributed by atoms with van der Waals surface area (Å²) < 4.78 is 9.77. The van der Waals surface area contributed by atoms with Gasteiger partial charge in [-0.25, -0.2) is 4.79 Å². The summed E-state index contributed by atoms with van der Waals surface area (Å²) in [6.45, 7) is 0. The lowest BCUT2D eigenvalue weighted by Gasteiger charge is -2.06. The second-order valence-corrected chi connectivity index (χ2v) is 5.14. The summed E-state index contributed by atoms with van der Waals surface area (Å²) in [5.41, 5.74) is 0.223. The molecule has 1 atom stereocenters. The van der Waals surface area contributed by atoms with Crippen molar-refractivity contribution in [3.63, 3.8) is 0 Å². The SMILES string of the molecule is COC(=O)CCC1=CC(Sc2ccccc2)OC1=O. The van der Waals surface area contributed by atoms with Crippen molar-refractivity contribution >= 4 is 23.7 Å². The zero-order valence-electron chi connectivity index (χ0n) is 10.5. The molecule has 0 aliphatic carbocycles. The Kier molecular flexibility index (Phi) is 4.63. The molecule has 19 heavy (non-hydrogen) atoms. The van der Waals surface area contributed by atoms with Crippen LogP contribution < -0.4 is 0 Å². The van der Waals surface area contributed by atoms with E-state index in [-0.39, 0.29) is 23.8 Å². The van der Waals surface area contributed by atoms with Crippen molar-refractivity contribution in [1.82, 2.24) is 0 Å². The number of rotatable bonds is 5. The average molecular weight is 278 g/mol. The minimum absolute atomic E-state index is 0.195. The molecule has 0 fully saturated rings. The first-order valence-electron chi connectivity index (χ1n) is 5.89. The van der Waals surface area contributed by atoms with Crippen molar-refractivity contribution in [3.05, 3.63) is 42.0 Å². The standard InChI is InChI=1S/C14H14O4S/c1-17-12(15)8-7-10-9-13(18-14(10)16)19-11-5-3-2-4-6-11/h2-6,9,13H,7-8H2,1H3. The molecule has 2 rings (SSSR count). The zero-order chi connectivity index (χ0) is 13.7. The highest BCUT2D eigenvalue weighted by molar-refractivity contribution is 8.00. The molecule has 1 aliphatic rings. The molecule has 1 aromatic carbocycles. The summed E-state index contributed by atoms with van der Waals surface area (Å²) in [6.07, 6.45) is 2.32. The first-order valence-corrected chi connectivity index (χ1v) is 6.77. The van der Waals surface area contributed by atoms with E-state index in [4.69, 9.17) is 4.74 Å². The van der Waals surface area contributed by atoms with Gasteiger partial charge in [-0.3, -0.25) is 4.79 Å². The van der Waals surface area contributed by atoms with Crippen LogP contribution in [0.25, 0.3) is 0 Å². The lowest BCUT2D eigenvalue weighted by Crippen LogP contribution is -2.06. The van der Waals surface area contributed by atoms with E-state index in [1.54, 1.807) is 6.08 Å². The number of ether oxygens (including phenoxy) is 2. The second-order valence-electron chi connectivity index (χ2n) is 3.97. The molecule has 0 aromatic heterocycles. The van der Waals surface area contributed by atoms with E-state index in [0.29, 0.717) is 12.0 Å². The summed E-state index contributed by atoms with van der Waals surface area (Å²) >= 11 is 1.46. The van der Waals surface area contributed by atoms with Gasteiger partial charge in [0.1, 0.15) is 0 Å². The predicted octanol–water partition coefficient (Wildman–Crippen LogP) is 2.54. The van der Waals surface area contributed by atoms with E-state index in [1.165, 1.54) is 18.9 Å². The molecular formula is C14H14O4S. The third-order valence-electron chi connectivity index (χ3n) is 2.64. The van der Waals surface area contributed by atoms with Crippen LogP contribution in [0, 0.1) is 0 Å². The van der Waals surface area contributed by atoms with Crippen LogP contribution in [0.3, 0.4) is 0 Å². The van der Waals surface area contributed by atoms with E-state index < -0.39 is 0 Å². The Balaban J connectivity index is 1.93. The van der Waals surface area contributed by atoms with Gasteiger partial charge in [0.25, 0.3) is 0 Å². The Labute approximate surface area is 115 Å². The maximum atomic E-state index is 11.6. The molecule has 5 heteroatoms. The number of hydrogen-bond acceptors (Lipinski definition) is 5. The Bertz CT molecular complexity index is 495. The molecule has 1 heterocycles. The van der Waals surface area contributed by atoms with Crippen LogP contribution in [0.5, 0.6) is 0 Å². The van der Waals surface area contributed by atoms with Gasteiger partial charge in [0.15, 0.2) is 5.44 Å². The third-order valence-corrected chi connectivity index (χ3v) is 3.65. The number of hydrogen-bond donors (Lipinski definition) is 0. The minimum atomic E-state index is -0.350. The smallest absolute Gasteiger partial charge is 0.335 e. The summed E-state index contributed by atoms with van der Waals surface area (Å²) in [5.74, 6) is -0.676. The largest absolute Gasteiger partial charge is 0.469 e. The van der Waals surface area contributed by atoms with E-state index in [0.717, 1.165) is 4.90 Å². The molecule has 4 nitrogen and oxygen atoms in total. The third kappa shape index (κ3) is 3.86. The molecule has 0 radical (unpaired) electrons. The molecule has 0 spiro atoms. The lowest BCUT2D eigenvalue weighted by molar-refractivity contribution is -0.140. The van der Waals surface area contributed by atoms with Crippen molar-refractivity contribution < 1.29 is 19.1 Å². The number of benzene rings is 1. The summed E-state index contributed by atoms with van der Waals surface area (Å²) in [7, 11) is 1.33. The Morgan fingerprint density at radius 2 is 2.11 bits per heavy atom. The molecule has 0 saturated carbocycles. The van der Waals surface area contributed by atoms with Crippen molar-refractivity contribution in [3.8, 4) is 0 Å². The molecule has 0 bridgehead atoms. The molecule has 1 aromatic rings. The lowest BCUT2D eigenvalue weighted by atomic mass is 10.1. The van der Waals surface area contributed by atoms with Gasteiger partial charge in [-0.05, 0) is 24.6 Å². The predicted molar refractivity (Wildman–Crippen MR) is 71.5 cm³/mol. The van der Waals surface area contributed by atoms with Crippen molar-refractivity contribution in [2.24, 2.45) is 0 Å². The van der Waals surface area contributed by atoms with Gasteiger partial charge in [-0.2, -0.15) is 0 Å². The van der Waals surface area contributed by atoms with Crippen LogP contribution in [0.15, 0.2) is 46.9 Å². The minimum Gasteiger partial charge on any atom is -0.469 e. The fourth-order valence-electron chi connectivity index (χ4n) is 1.66. The van der Waals surface area contributed by atoms with Crippen molar-refractivity contribution in [2.45, 2.75) is 23.2 Å². The topological polar surface area (TPSA) is 52.6 Å². The van der Waals surface area contributed by atoms with Crippen molar-refractivity contribution in [1.29, 1.82) is 0 Å². The first-order chi connectivity index (χ1) is 9.19. The molecule has 0 amide bonds. The summed E-state index contributed by atoms with van der Waals surface area (Å²) in [4.78, 5) is 23.7. The second kappa shape index (κ2) is 6.43. The van der Waals surface area contributed by atoms with Crippen LogP contribution in [-0.2, 0) is 19.1 Å².